The Labute approximate surface area is 193 Å². The molecule has 0 bridgehead atoms. The lowest BCUT2D eigenvalue weighted by atomic mass is 10.1. The van der Waals surface area contributed by atoms with E-state index in [1.165, 1.54) is 16.9 Å². The summed E-state index contributed by atoms with van der Waals surface area (Å²) in [5.74, 6) is -0.223. The van der Waals surface area contributed by atoms with Gasteiger partial charge in [-0.05, 0) is 72.5 Å². The molecule has 0 spiro atoms. The molecule has 0 aliphatic rings. The number of unbranched alkanes of at least 4 members (excludes halogenated alkanes) is 1. The molecule has 3 aromatic rings. The minimum absolute atomic E-state index is 0.223. The van der Waals surface area contributed by atoms with Crippen LogP contribution in [0.25, 0.3) is 0 Å². The molecule has 1 heterocycles. The molecule has 170 valence electrons. The average Bonchev–Trinajstić information content (AvgIpc) is 3.21. The highest BCUT2D eigenvalue weighted by molar-refractivity contribution is 7.85. The van der Waals surface area contributed by atoms with Crippen LogP contribution >= 0.6 is 11.3 Å². The van der Waals surface area contributed by atoms with E-state index in [1.807, 2.05) is 35.2 Å². The Bertz CT molecular complexity index is 1150. The van der Waals surface area contributed by atoms with E-state index in [0.717, 1.165) is 35.2 Å². The smallest absolute Gasteiger partial charge is 0.367 e. The first-order chi connectivity index (χ1) is 15.4. The van der Waals surface area contributed by atoms with Gasteiger partial charge in [-0.1, -0.05) is 30.3 Å². The van der Waals surface area contributed by atoms with Crippen molar-refractivity contribution in [1.29, 1.82) is 0 Å². The Hall–Kier alpha value is -2.62. The second kappa shape index (κ2) is 11.3. The van der Waals surface area contributed by atoms with Gasteiger partial charge in [0.15, 0.2) is 0 Å². The maximum Gasteiger partial charge on any atom is 0.408 e. The molecule has 0 aliphatic heterocycles. The van der Waals surface area contributed by atoms with Crippen LogP contribution in [0.2, 0.25) is 0 Å². The first kappa shape index (κ1) is 24.0. The van der Waals surface area contributed by atoms with E-state index in [0.29, 0.717) is 19.4 Å². The van der Waals surface area contributed by atoms with Gasteiger partial charge in [-0.3, -0.25) is 4.55 Å². The molecule has 0 unspecified atom stereocenters. The van der Waals surface area contributed by atoms with Gasteiger partial charge >= 0.3 is 5.13 Å². The lowest BCUT2D eigenvalue weighted by Crippen LogP contribution is -2.31. The highest BCUT2D eigenvalue weighted by Gasteiger charge is 2.14. The van der Waals surface area contributed by atoms with Crippen LogP contribution in [0.1, 0.15) is 30.9 Å². The molecule has 0 aliphatic carbocycles. The SMILES string of the molecule is CCN(Cc1ccccc1)c1ccc(N=Nc2scc[n+]2CCCCS(=O)(=O)O)c(C)c1. The van der Waals surface area contributed by atoms with Crippen LogP contribution in [-0.4, -0.2) is 25.3 Å². The number of hydrogen-bond donors (Lipinski definition) is 1. The molecule has 3 rings (SSSR count). The van der Waals surface area contributed by atoms with Gasteiger partial charge in [0, 0.05) is 24.2 Å². The summed E-state index contributed by atoms with van der Waals surface area (Å²) in [6, 6.07) is 16.6. The highest BCUT2D eigenvalue weighted by Crippen LogP contribution is 2.27. The zero-order valence-corrected chi connectivity index (χ0v) is 20.0. The van der Waals surface area contributed by atoms with E-state index in [9.17, 15) is 8.42 Å². The summed E-state index contributed by atoms with van der Waals surface area (Å²) in [6.07, 6.45) is 2.94. The summed E-state index contributed by atoms with van der Waals surface area (Å²) in [5.41, 5.74) is 4.29. The van der Waals surface area contributed by atoms with Crippen LogP contribution in [0.5, 0.6) is 0 Å². The monoisotopic (exact) mass is 473 g/mol. The van der Waals surface area contributed by atoms with E-state index in [2.05, 4.69) is 58.5 Å². The van der Waals surface area contributed by atoms with Gasteiger partial charge in [-0.15, -0.1) is 0 Å². The Morgan fingerprint density at radius 2 is 1.88 bits per heavy atom. The number of thiazole rings is 1. The molecule has 1 N–H and O–H groups in total. The molecule has 9 heteroatoms. The van der Waals surface area contributed by atoms with Crippen molar-refractivity contribution in [3.05, 3.63) is 71.2 Å². The van der Waals surface area contributed by atoms with Crippen LogP contribution in [0.4, 0.5) is 16.5 Å². The van der Waals surface area contributed by atoms with Crippen molar-refractivity contribution in [3.8, 4) is 0 Å². The summed E-state index contributed by atoms with van der Waals surface area (Å²) < 4.78 is 32.5. The number of aryl methyl sites for hydroxylation is 2. The largest absolute Gasteiger partial charge is 0.408 e. The van der Waals surface area contributed by atoms with Gasteiger partial charge < -0.3 is 4.90 Å². The third-order valence-electron chi connectivity index (χ3n) is 5.10. The molecule has 0 atom stereocenters. The minimum Gasteiger partial charge on any atom is -0.367 e. The van der Waals surface area contributed by atoms with E-state index in [1.54, 1.807) is 0 Å². The van der Waals surface area contributed by atoms with Crippen molar-refractivity contribution in [2.75, 3.05) is 17.2 Å². The molecule has 1 aromatic heterocycles. The number of hydrogen-bond acceptors (Lipinski definition) is 6. The van der Waals surface area contributed by atoms with Gasteiger partial charge in [-0.2, -0.15) is 8.42 Å². The van der Waals surface area contributed by atoms with E-state index >= 15 is 0 Å². The summed E-state index contributed by atoms with van der Waals surface area (Å²) in [6.45, 7) is 6.56. The molecule has 0 fully saturated rings. The molecular weight excluding hydrogens is 444 g/mol. The molecule has 32 heavy (non-hydrogen) atoms. The quantitative estimate of drug-likeness (QED) is 0.174. The summed E-state index contributed by atoms with van der Waals surface area (Å²) in [4.78, 5) is 2.32. The number of benzene rings is 2. The average molecular weight is 474 g/mol. The van der Waals surface area contributed by atoms with Crippen LogP contribution in [0, 0.1) is 6.92 Å². The topological polar surface area (TPSA) is 86.2 Å². The van der Waals surface area contributed by atoms with Crippen LogP contribution < -0.4 is 9.47 Å². The second-order valence-electron chi connectivity index (χ2n) is 7.54. The molecule has 7 nitrogen and oxygen atoms in total. The first-order valence-electron chi connectivity index (χ1n) is 10.6. The van der Waals surface area contributed by atoms with Crippen LogP contribution in [-0.2, 0) is 23.2 Å². The number of nitrogens with zero attached hydrogens (tertiary/aromatic N) is 4. The predicted molar refractivity (Wildman–Crippen MR) is 129 cm³/mol. The molecular formula is C23H29N4O3S2+. The fourth-order valence-corrected chi connectivity index (χ4v) is 4.62. The number of azo groups is 1. The second-order valence-corrected chi connectivity index (χ2v) is 9.99. The van der Waals surface area contributed by atoms with Crippen molar-refractivity contribution >= 4 is 38.0 Å². The lowest BCUT2D eigenvalue weighted by Gasteiger charge is -2.23. The predicted octanol–water partition coefficient (Wildman–Crippen LogP) is 5.45. The Morgan fingerprint density at radius 3 is 2.56 bits per heavy atom. The Balaban J connectivity index is 1.65. The normalized spacial score (nSPS) is 11.8. The van der Waals surface area contributed by atoms with Crippen LogP contribution in [0.3, 0.4) is 0 Å². The van der Waals surface area contributed by atoms with E-state index in [4.69, 9.17) is 4.55 Å². The van der Waals surface area contributed by atoms with Crippen molar-refractivity contribution in [3.63, 3.8) is 0 Å². The third-order valence-corrected chi connectivity index (χ3v) is 6.69. The van der Waals surface area contributed by atoms with Crippen molar-refractivity contribution < 1.29 is 17.5 Å². The highest BCUT2D eigenvalue weighted by atomic mass is 32.2. The number of anilines is 1. The van der Waals surface area contributed by atoms with Crippen LogP contribution in [0.15, 0.2) is 70.3 Å². The molecule has 0 radical (unpaired) electrons. The molecule has 0 saturated carbocycles. The molecule has 0 saturated heterocycles. The van der Waals surface area contributed by atoms with Gasteiger partial charge in [-0.25, -0.2) is 4.57 Å². The first-order valence-corrected chi connectivity index (χ1v) is 13.1. The fourth-order valence-electron chi connectivity index (χ4n) is 3.35. The Morgan fingerprint density at radius 1 is 1.09 bits per heavy atom. The standard InChI is InChI=1S/C23H28N4O3S2/c1-3-26(18-20-9-5-4-6-10-20)21-11-12-22(19(2)17-21)24-25-23-27(14-15-31-23)13-7-8-16-32(28,29)30/h4-6,9-12,14-15,17H,3,7-8,13,16,18H2,1-2H3/p+1. The summed E-state index contributed by atoms with van der Waals surface area (Å²) >= 11 is 1.48. The summed E-state index contributed by atoms with van der Waals surface area (Å²) in [5, 5.41) is 11.5. The summed E-state index contributed by atoms with van der Waals surface area (Å²) in [7, 11) is -3.91. The van der Waals surface area contributed by atoms with E-state index in [-0.39, 0.29) is 5.75 Å². The van der Waals surface area contributed by atoms with Gasteiger partial charge in [0.05, 0.1) is 17.4 Å². The number of rotatable bonds is 11. The zero-order valence-electron chi connectivity index (χ0n) is 18.4. The van der Waals surface area contributed by atoms with E-state index < -0.39 is 10.1 Å². The third kappa shape index (κ3) is 7.22. The van der Waals surface area contributed by atoms with Crippen molar-refractivity contribution in [2.45, 2.75) is 39.8 Å². The minimum atomic E-state index is -3.91. The van der Waals surface area contributed by atoms with Gasteiger partial charge in [0.1, 0.15) is 11.9 Å². The molecule has 2 aromatic carbocycles. The van der Waals surface area contributed by atoms with Gasteiger partial charge in [0.2, 0.25) is 0 Å². The maximum atomic E-state index is 10.8. The van der Waals surface area contributed by atoms with Crippen molar-refractivity contribution in [1.82, 2.24) is 0 Å². The lowest BCUT2D eigenvalue weighted by molar-refractivity contribution is -0.680. The zero-order chi connectivity index (χ0) is 23.0. The molecule has 0 amide bonds. The maximum absolute atomic E-state index is 10.8. The van der Waals surface area contributed by atoms with Crippen molar-refractivity contribution in [2.24, 2.45) is 10.2 Å². The number of aromatic nitrogens is 1. The Kier molecular flexibility index (Phi) is 8.49. The van der Waals surface area contributed by atoms with Gasteiger partial charge in [0.25, 0.3) is 10.1 Å². The fraction of sp³-hybridized carbons (Fsp3) is 0.348.